The molecule has 1 atom stereocenters. The zero-order chi connectivity index (χ0) is 15.2. The van der Waals surface area contributed by atoms with Crippen LogP contribution >= 0.6 is 0 Å². The molecule has 0 radical (unpaired) electrons. The Balaban J connectivity index is 2.26. The van der Waals surface area contributed by atoms with E-state index in [0.29, 0.717) is 23.3 Å². The number of hydrogen-bond acceptors (Lipinski definition) is 5. The second-order valence-electron chi connectivity index (χ2n) is 5.27. The lowest BCUT2D eigenvalue weighted by Gasteiger charge is -2.34. The highest BCUT2D eigenvalue weighted by molar-refractivity contribution is 5.54. The molecular weight excluding hydrogens is 268 g/mol. The van der Waals surface area contributed by atoms with Gasteiger partial charge in [0, 0.05) is 25.7 Å². The standard InChI is InChI=1S/C16H26N2O3/c1-5-7-18-8-6-17-13(11-18)12-9-14(19-2)16(21-4)15(10-12)20-3/h9-10,13,17H,5-8,11H2,1-4H3. The van der Waals surface area contributed by atoms with E-state index in [0.717, 1.165) is 26.2 Å². The normalized spacial score (nSPS) is 19.3. The van der Waals surface area contributed by atoms with Gasteiger partial charge in [0.1, 0.15) is 0 Å². The summed E-state index contributed by atoms with van der Waals surface area (Å²) < 4.78 is 16.3. The van der Waals surface area contributed by atoms with Crippen LogP contribution in [-0.2, 0) is 0 Å². The SMILES string of the molecule is CCCN1CCNC(c2cc(OC)c(OC)c(OC)c2)C1. The molecule has 0 spiro atoms. The summed E-state index contributed by atoms with van der Waals surface area (Å²) in [6, 6.07) is 4.36. The van der Waals surface area contributed by atoms with Crippen molar-refractivity contribution < 1.29 is 14.2 Å². The molecule has 118 valence electrons. The third-order valence-electron chi connectivity index (χ3n) is 3.89. The molecule has 0 bridgehead atoms. The van der Waals surface area contributed by atoms with Gasteiger partial charge in [-0.25, -0.2) is 0 Å². The van der Waals surface area contributed by atoms with Crippen molar-refractivity contribution in [1.82, 2.24) is 10.2 Å². The monoisotopic (exact) mass is 294 g/mol. The number of hydrogen-bond donors (Lipinski definition) is 1. The zero-order valence-corrected chi connectivity index (χ0v) is 13.4. The lowest BCUT2D eigenvalue weighted by atomic mass is 10.0. The van der Waals surface area contributed by atoms with Crippen molar-refractivity contribution in [3.8, 4) is 17.2 Å². The quantitative estimate of drug-likeness (QED) is 0.870. The Kier molecular flexibility index (Phi) is 5.70. The van der Waals surface area contributed by atoms with E-state index in [1.54, 1.807) is 21.3 Å². The molecule has 0 amide bonds. The molecular formula is C16H26N2O3. The molecule has 1 N–H and O–H groups in total. The lowest BCUT2D eigenvalue weighted by Crippen LogP contribution is -2.45. The maximum absolute atomic E-state index is 5.44. The molecule has 0 aliphatic carbocycles. The van der Waals surface area contributed by atoms with E-state index in [9.17, 15) is 0 Å². The van der Waals surface area contributed by atoms with Gasteiger partial charge in [0.2, 0.25) is 5.75 Å². The van der Waals surface area contributed by atoms with Crippen LogP contribution in [-0.4, -0.2) is 52.4 Å². The van der Waals surface area contributed by atoms with Gasteiger partial charge in [-0.2, -0.15) is 0 Å². The fourth-order valence-electron chi connectivity index (χ4n) is 2.86. The van der Waals surface area contributed by atoms with E-state index in [1.165, 1.54) is 12.0 Å². The first kappa shape index (κ1) is 15.9. The van der Waals surface area contributed by atoms with Crippen molar-refractivity contribution in [3.05, 3.63) is 17.7 Å². The van der Waals surface area contributed by atoms with Crippen molar-refractivity contribution >= 4 is 0 Å². The predicted octanol–water partition coefficient (Wildman–Crippen LogP) is 2.07. The number of benzene rings is 1. The van der Waals surface area contributed by atoms with Crippen LogP contribution in [0.15, 0.2) is 12.1 Å². The Hall–Kier alpha value is -1.46. The molecule has 1 aromatic carbocycles. The predicted molar refractivity (Wildman–Crippen MR) is 83.6 cm³/mol. The molecule has 0 aromatic heterocycles. The number of piperazine rings is 1. The Morgan fingerprint density at radius 2 is 1.81 bits per heavy atom. The van der Waals surface area contributed by atoms with Crippen molar-refractivity contribution in [2.45, 2.75) is 19.4 Å². The first-order valence-corrected chi connectivity index (χ1v) is 7.49. The fraction of sp³-hybridized carbons (Fsp3) is 0.625. The first-order valence-electron chi connectivity index (χ1n) is 7.49. The fourth-order valence-corrected chi connectivity index (χ4v) is 2.86. The third-order valence-corrected chi connectivity index (χ3v) is 3.89. The van der Waals surface area contributed by atoms with Gasteiger partial charge in [0.05, 0.1) is 21.3 Å². The average Bonchev–Trinajstić information content (AvgIpc) is 2.54. The maximum atomic E-state index is 5.44. The Morgan fingerprint density at radius 1 is 1.14 bits per heavy atom. The van der Waals surface area contributed by atoms with Gasteiger partial charge in [-0.3, -0.25) is 0 Å². The smallest absolute Gasteiger partial charge is 0.203 e. The van der Waals surface area contributed by atoms with Gasteiger partial charge in [-0.1, -0.05) is 6.92 Å². The highest BCUT2D eigenvalue weighted by Crippen LogP contribution is 2.40. The highest BCUT2D eigenvalue weighted by atomic mass is 16.5. The lowest BCUT2D eigenvalue weighted by molar-refractivity contribution is 0.200. The topological polar surface area (TPSA) is 43.0 Å². The zero-order valence-electron chi connectivity index (χ0n) is 13.4. The minimum Gasteiger partial charge on any atom is -0.493 e. The number of methoxy groups -OCH3 is 3. The molecule has 1 saturated heterocycles. The molecule has 1 fully saturated rings. The van der Waals surface area contributed by atoms with Gasteiger partial charge in [-0.15, -0.1) is 0 Å². The van der Waals surface area contributed by atoms with Gasteiger partial charge >= 0.3 is 0 Å². The molecule has 2 rings (SSSR count). The first-order chi connectivity index (χ1) is 10.2. The van der Waals surface area contributed by atoms with E-state index in [1.807, 2.05) is 12.1 Å². The second-order valence-corrected chi connectivity index (χ2v) is 5.27. The molecule has 5 nitrogen and oxygen atoms in total. The van der Waals surface area contributed by atoms with Gasteiger partial charge in [-0.05, 0) is 30.7 Å². The van der Waals surface area contributed by atoms with E-state index in [4.69, 9.17) is 14.2 Å². The van der Waals surface area contributed by atoms with Crippen LogP contribution in [0.4, 0.5) is 0 Å². The minimum atomic E-state index is 0.291. The van der Waals surface area contributed by atoms with E-state index in [2.05, 4.69) is 17.1 Å². The molecule has 1 aliphatic heterocycles. The summed E-state index contributed by atoms with van der Waals surface area (Å²) in [5, 5.41) is 3.57. The summed E-state index contributed by atoms with van der Waals surface area (Å²) in [5.74, 6) is 2.06. The van der Waals surface area contributed by atoms with Crippen LogP contribution in [0.25, 0.3) is 0 Å². The molecule has 1 heterocycles. The Bertz CT molecular complexity index is 438. The van der Waals surface area contributed by atoms with Crippen molar-refractivity contribution in [2.75, 3.05) is 47.5 Å². The van der Waals surface area contributed by atoms with E-state index >= 15 is 0 Å². The largest absolute Gasteiger partial charge is 0.493 e. The maximum Gasteiger partial charge on any atom is 0.203 e. The van der Waals surface area contributed by atoms with Gasteiger partial charge < -0.3 is 24.4 Å². The van der Waals surface area contributed by atoms with Gasteiger partial charge in [0.15, 0.2) is 11.5 Å². The molecule has 1 unspecified atom stereocenters. The highest BCUT2D eigenvalue weighted by Gasteiger charge is 2.23. The van der Waals surface area contributed by atoms with E-state index in [-0.39, 0.29) is 0 Å². The van der Waals surface area contributed by atoms with Crippen LogP contribution in [0.1, 0.15) is 24.9 Å². The Labute approximate surface area is 127 Å². The number of ether oxygens (including phenoxy) is 3. The molecule has 1 aromatic rings. The summed E-state index contributed by atoms with van der Waals surface area (Å²) in [5.41, 5.74) is 1.17. The average molecular weight is 294 g/mol. The summed E-state index contributed by atoms with van der Waals surface area (Å²) >= 11 is 0. The van der Waals surface area contributed by atoms with Gasteiger partial charge in [0.25, 0.3) is 0 Å². The number of nitrogens with one attached hydrogen (secondary N) is 1. The second kappa shape index (κ2) is 7.52. The summed E-state index contributed by atoms with van der Waals surface area (Å²) in [6.45, 7) is 6.47. The summed E-state index contributed by atoms with van der Waals surface area (Å²) in [7, 11) is 4.93. The van der Waals surface area contributed by atoms with Crippen LogP contribution in [0.2, 0.25) is 0 Å². The number of nitrogens with zero attached hydrogens (tertiary/aromatic N) is 1. The number of rotatable bonds is 6. The molecule has 5 heteroatoms. The van der Waals surface area contributed by atoms with Crippen LogP contribution in [0.5, 0.6) is 17.2 Å². The van der Waals surface area contributed by atoms with E-state index < -0.39 is 0 Å². The van der Waals surface area contributed by atoms with Crippen LogP contribution in [0.3, 0.4) is 0 Å². The molecule has 0 saturated carbocycles. The minimum absolute atomic E-state index is 0.291. The Morgan fingerprint density at radius 3 is 2.33 bits per heavy atom. The third kappa shape index (κ3) is 3.60. The van der Waals surface area contributed by atoms with Crippen molar-refractivity contribution in [2.24, 2.45) is 0 Å². The van der Waals surface area contributed by atoms with Crippen molar-refractivity contribution in [3.63, 3.8) is 0 Å². The summed E-state index contributed by atoms with van der Waals surface area (Å²) in [6.07, 6.45) is 1.18. The van der Waals surface area contributed by atoms with Crippen LogP contribution < -0.4 is 19.5 Å². The molecule has 1 aliphatic rings. The molecule has 21 heavy (non-hydrogen) atoms. The van der Waals surface area contributed by atoms with Crippen LogP contribution in [0, 0.1) is 0 Å². The summed E-state index contributed by atoms with van der Waals surface area (Å²) in [4.78, 5) is 2.49. The van der Waals surface area contributed by atoms with Crippen molar-refractivity contribution in [1.29, 1.82) is 0 Å².